The van der Waals surface area contributed by atoms with Crippen molar-refractivity contribution in [1.29, 1.82) is 0 Å². The first kappa shape index (κ1) is 18.0. The maximum atomic E-state index is 12.4. The summed E-state index contributed by atoms with van der Waals surface area (Å²) >= 11 is 5.94. The highest BCUT2D eigenvalue weighted by molar-refractivity contribution is 6.30. The SMILES string of the molecule is Cc1cc(Cl)ccc1OCn1ccc(C(=O)Nc2cccc(C)c2C)n1. The van der Waals surface area contributed by atoms with Crippen LogP contribution < -0.4 is 10.1 Å². The maximum Gasteiger partial charge on any atom is 0.276 e. The van der Waals surface area contributed by atoms with Crippen LogP contribution in [-0.4, -0.2) is 15.7 Å². The van der Waals surface area contributed by atoms with Crippen molar-refractivity contribution in [3.63, 3.8) is 0 Å². The second-order valence-electron chi connectivity index (χ2n) is 6.13. The molecule has 0 radical (unpaired) electrons. The highest BCUT2D eigenvalue weighted by atomic mass is 35.5. The fourth-order valence-corrected chi connectivity index (χ4v) is 2.76. The standard InChI is InChI=1S/C20H20ClN3O2/c1-13-5-4-6-17(15(13)3)22-20(25)18-9-10-24(23-18)12-26-19-8-7-16(21)11-14(19)2/h4-11H,12H2,1-3H3,(H,22,25). The monoisotopic (exact) mass is 369 g/mol. The molecule has 26 heavy (non-hydrogen) atoms. The number of nitrogens with zero attached hydrogens (tertiary/aromatic N) is 2. The molecule has 6 heteroatoms. The third-order valence-electron chi connectivity index (χ3n) is 4.22. The summed E-state index contributed by atoms with van der Waals surface area (Å²) in [6, 6.07) is 12.9. The lowest BCUT2D eigenvalue weighted by atomic mass is 10.1. The Hall–Kier alpha value is -2.79. The molecule has 3 aromatic rings. The van der Waals surface area contributed by atoms with Gasteiger partial charge in [-0.25, -0.2) is 4.68 Å². The lowest BCUT2D eigenvalue weighted by Crippen LogP contribution is -2.15. The van der Waals surface area contributed by atoms with Gasteiger partial charge in [-0.2, -0.15) is 5.10 Å². The van der Waals surface area contributed by atoms with E-state index in [9.17, 15) is 4.79 Å². The first-order valence-corrected chi connectivity index (χ1v) is 8.62. The van der Waals surface area contributed by atoms with Crippen LogP contribution in [-0.2, 0) is 6.73 Å². The minimum Gasteiger partial charge on any atom is -0.471 e. The summed E-state index contributed by atoms with van der Waals surface area (Å²) in [4.78, 5) is 12.4. The number of rotatable bonds is 5. The molecule has 3 rings (SSSR count). The molecule has 1 N–H and O–H groups in total. The lowest BCUT2D eigenvalue weighted by Gasteiger charge is -2.10. The molecule has 1 amide bonds. The molecule has 0 atom stereocenters. The van der Waals surface area contributed by atoms with Crippen LogP contribution in [0.5, 0.6) is 5.75 Å². The van der Waals surface area contributed by atoms with Crippen molar-refractivity contribution in [3.8, 4) is 5.75 Å². The number of hydrogen-bond donors (Lipinski definition) is 1. The van der Waals surface area contributed by atoms with Crippen LogP contribution in [0.3, 0.4) is 0 Å². The lowest BCUT2D eigenvalue weighted by molar-refractivity contribution is 0.102. The Labute approximate surface area is 157 Å². The minimum atomic E-state index is -0.250. The molecule has 0 aliphatic carbocycles. The second kappa shape index (κ2) is 7.62. The Morgan fingerprint density at radius 3 is 2.73 bits per heavy atom. The van der Waals surface area contributed by atoms with Gasteiger partial charge in [0.05, 0.1) is 0 Å². The molecule has 0 saturated carbocycles. The predicted octanol–water partition coefficient (Wildman–Crippen LogP) is 4.75. The fourth-order valence-electron chi connectivity index (χ4n) is 2.54. The van der Waals surface area contributed by atoms with Gasteiger partial charge in [-0.15, -0.1) is 0 Å². The third-order valence-corrected chi connectivity index (χ3v) is 4.45. The second-order valence-corrected chi connectivity index (χ2v) is 6.56. The predicted molar refractivity (Wildman–Crippen MR) is 103 cm³/mol. The number of aryl methyl sites for hydroxylation is 2. The molecular formula is C20H20ClN3O2. The van der Waals surface area contributed by atoms with Gasteiger partial charge in [0, 0.05) is 16.9 Å². The van der Waals surface area contributed by atoms with Crippen molar-refractivity contribution in [2.45, 2.75) is 27.5 Å². The summed E-state index contributed by atoms with van der Waals surface area (Å²) < 4.78 is 7.31. The van der Waals surface area contributed by atoms with Crippen LogP contribution in [0.4, 0.5) is 5.69 Å². The van der Waals surface area contributed by atoms with Crippen molar-refractivity contribution >= 4 is 23.2 Å². The summed E-state index contributed by atoms with van der Waals surface area (Å²) in [6.45, 7) is 6.12. The van der Waals surface area contributed by atoms with Gasteiger partial charge >= 0.3 is 0 Å². The Balaban J connectivity index is 1.65. The molecule has 0 spiro atoms. The Morgan fingerprint density at radius 2 is 1.96 bits per heavy atom. The van der Waals surface area contributed by atoms with Gasteiger partial charge < -0.3 is 10.1 Å². The maximum absolute atomic E-state index is 12.4. The molecule has 0 fully saturated rings. The Bertz CT molecular complexity index is 950. The van der Waals surface area contributed by atoms with E-state index in [0.717, 1.165) is 28.1 Å². The van der Waals surface area contributed by atoms with Gasteiger partial charge in [-0.1, -0.05) is 23.7 Å². The van der Waals surface area contributed by atoms with E-state index in [1.807, 2.05) is 51.1 Å². The molecule has 0 unspecified atom stereocenters. The molecule has 0 bridgehead atoms. The van der Waals surface area contributed by atoms with E-state index in [-0.39, 0.29) is 12.6 Å². The van der Waals surface area contributed by atoms with Crippen molar-refractivity contribution in [2.24, 2.45) is 0 Å². The van der Waals surface area contributed by atoms with Crippen molar-refractivity contribution in [3.05, 3.63) is 76.1 Å². The van der Waals surface area contributed by atoms with Crippen LogP contribution in [0.25, 0.3) is 0 Å². The summed E-state index contributed by atoms with van der Waals surface area (Å²) in [5, 5.41) is 7.84. The van der Waals surface area contributed by atoms with E-state index in [1.165, 1.54) is 0 Å². The molecule has 0 saturated heterocycles. The van der Waals surface area contributed by atoms with E-state index >= 15 is 0 Å². The number of aromatic nitrogens is 2. The number of anilines is 1. The van der Waals surface area contributed by atoms with Crippen molar-refractivity contribution < 1.29 is 9.53 Å². The van der Waals surface area contributed by atoms with Gasteiger partial charge in [0.15, 0.2) is 12.4 Å². The van der Waals surface area contributed by atoms with E-state index in [1.54, 1.807) is 23.0 Å². The first-order chi connectivity index (χ1) is 12.4. The zero-order chi connectivity index (χ0) is 18.7. The largest absolute Gasteiger partial charge is 0.471 e. The van der Waals surface area contributed by atoms with Crippen LogP contribution in [0.15, 0.2) is 48.7 Å². The fraction of sp³-hybridized carbons (Fsp3) is 0.200. The topological polar surface area (TPSA) is 56.1 Å². The highest BCUT2D eigenvalue weighted by Crippen LogP contribution is 2.22. The number of nitrogens with one attached hydrogen (secondary N) is 1. The van der Waals surface area contributed by atoms with E-state index in [0.29, 0.717) is 10.7 Å². The van der Waals surface area contributed by atoms with Gasteiger partial charge in [0.25, 0.3) is 5.91 Å². The quantitative estimate of drug-likeness (QED) is 0.706. The van der Waals surface area contributed by atoms with Crippen LogP contribution in [0.1, 0.15) is 27.2 Å². The summed E-state index contributed by atoms with van der Waals surface area (Å²) in [7, 11) is 0. The number of halogens is 1. The average molecular weight is 370 g/mol. The molecule has 1 aromatic heterocycles. The molecule has 0 aliphatic rings. The Kier molecular flexibility index (Phi) is 5.28. The van der Waals surface area contributed by atoms with Crippen molar-refractivity contribution in [1.82, 2.24) is 9.78 Å². The number of hydrogen-bond acceptors (Lipinski definition) is 3. The molecule has 5 nitrogen and oxygen atoms in total. The smallest absolute Gasteiger partial charge is 0.276 e. The zero-order valence-electron chi connectivity index (χ0n) is 14.9. The molecule has 1 heterocycles. The highest BCUT2D eigenvalue weighted by Gasteiger charge is 2.12. The van der Waals surface area contributed by atoms with Gasteiger partial charge in [0.2, 0.25) is 0 Å². The molecule has 0 aliphatic heterocycles. The summed E-state index contributed by atoms with van der Waals surface area (Å²) in [5.41, 5.74) is 4.24. The van der Waals surface area contributed by atoms with E-state index in [2.05, 4.69) is 10.4 Å². The van der Waals surface area contributed by atoms with Gasteiger partial charge in [-0.05, 0) is 67.8 Å². The number of ether oxygens (including phenoxy) is 1. The average Bonchev–Trinajstić information content (AvgIpc) is 3.07. The summed E-state index contributed by atoms with van der Waals surface area (Å²) in [6.07, 6.45) is 1.71. The molecule has 2 aromatic carbocycles. The third kappa shape index (κ3) is 4.06. The van der Waals surface area contributed by atoms with E-state index < -0.39 is 0 Å². The number of benzene rings is 2. The number of carbonyl (C=O) groups is 1. The molecular weight excluding hydrogens is 350 g/mol. The molecule has 134 valence electrons. The van der Waals surface area contributed by atoms with Gasteiger partial charge in [0.1, 0.15) is 5.75 Å². The van der Waals surface area contributed by atoms with E-state index in [4.69, 9.17) is 16.3 Å². The van der Waals surface area contributed by atoms with Crippen LogP contribution in [0.2, 0.25) is 5.02 Å². The summed E-state index contributed by atoms with van der Waals surface area (Å²) in [5.74, 6) is 0.478. The first-order valence-electron chi connectivity index (χ1n) is 8.24. The number of amides is 1. The zero-order valence-corrected chi connectivity index (χ0v) is 15.7. The Morgan fingerprint density at radius 1 is 1.15 bits per heavy atom. The van der Waals surface area contributed by atoms with Gasteiger partial charge in [-0.3, -0.25) is 4.79 Å². The number of carbonyl (C=O) groups excluding carboxylic acids is 1. The van der Waals surface area contributed by atoms with Crippen molar-refractivity contribution in [2.75, 3.05) is 5.32 Å². The van der Waals surface area contributed by atoms with Crippen LogP contribution >= 0.6 is 11.6 Å². The minimum absolute atomic E-state index is 0.208. The van der Waals surface area contributed by atoms with Crippen LogP contribution in [0, 0.1) is 20.8 Å². The normalized spacial score (nSPS) is 10.6.